The number of fused-ring (bicyclic) bond motifs is 1. The summed E-state index contributed by atoms with van der Waals surface area (Å²) in [4.78, 5) is 29.9. The van der Waals surface area contributed by atoms with Crippen molar-refractivity contribution in [1.29, 1.82) is 0 Å². The lowest BCUT2D eigenvalue weighted by Crippen LogP contribution is -2.52. The molecule has 1 unspecified atom stereocenters. The fraction of sp³-hybridized carbons (Fsp3) is 0.294. The second kappa shape index (κ2) is 10.8. The van der Waals surface area contributed by atoms with Crippen LogP contribution >= 0.6 is 0 Å². The Hall–Kier alpha value is -4.16. The molecule has 0 spiro atoms. The number of nitrogens with zero attached hydrogens (tertiary/aromatic N) is 2. The predicted molar refractivity (Wildman–Crippen MR) is 157 cm³/mol. The number of amides is 2. The van der Waals surface area contributed by atoms with Crippen LogP contribution in [0.1, 0.15) is 40.1 Å². The Labute approximate surface area is 235 Å². The van der Waals surface area contributed by atoms with Gasteiger partial charge in [0.05, 0.1) is 12.0 Å². The highest BCUT2D eigenvalue weighted by atomic mass is 16.3. The van der Waals surface area contributed by atoms with E-state index in [4.69, 9.17) is 4.42 Å². The Morgan fingerprint density at radius 2 is 1.62 bits per heavy atom. The number of hydrogen-bond acceptors (Lipinski definition) is 4. The number of furan rings is 1. The average Bonchev–Trinajstić information content (AvgIpc) is 3.56. The number of carbonyl (C=O) groups excluding carboxylic acids is 2. The van der Waals surface area contributed by atoms with Crippen molar-refractivity contribution < 1.29 is 14.0 Å². The van der Waals surface area contributed by atoms with Crippen molar-refractivity contribution in [2.75, 3.05) is 27.2 Å². The van der Waals surface area contributed by atoms with E-state index in [0.717, 1.165) is 65.1 Å². The Balaban J connectivity index is 1.25. The molecule has 1 atom stereocenters. The second-order valence-corrected chi connectivity index (χ2v) is 11.1. The number of nitrogens with one attached hydrogen (secondary N) is 1. The maximum absolute atomic E-state index is 13.2. The number of rotatable bonds is 7. The first-order valence-corrected chi connectivity index (χ1v) is 14.0. The molecule has 1 fully saturated rings. The van der Waals surface area contributed by atoms with Crippen LogP contribution in [-0.4, -0.2) is 48.8 Å². The number of piperidine rings is 1. The zero-order valence-electron chi connectivity index (χ0n) is 23.2. The minimum absolute atomic E-state index is 0.0660. The van der Waals surface area contributed by atoms with E-state index in [1.54, 1.807) is 11.9 Å². The monoisotopic (exact) mass is 533 g/mol. The molecule has 1 N–H and O–H groups in total. The summed E-state index contributed by atoms with van der Waals surface area (Å²) in [7, 11) is 3.58. The minimum Gasteiger partial charge on any atom is -0.460 e. The van der Waals surface area contributed by atoms with Gasteiger partial charge in [0.25, 0.3) is 5.91 Å². The lowest BCUT2D eigenvalue weighted by molar-refractivity contribution is -0.134. The molecule has 6 heteroatoms. The van der Waals surface area contributed by atoms with Gasteiger partial charge in [0, 0.05) is 38.3 Å². The van der Waals surface area contributed by atoms with E-state index in [1.165, 1.54) is 5.56 Å². The lowest BCUT2D eigenvalue weighted by atomic mass is 9.74. The van der Waals surface area contributed by atoms with Crippen molar-refractivity contribution in [3.05, 3.63) is 107 Å². The second-order valence-electron chi connectivity index (χ2n) is 11.1. The smallest absolute Gasteiger partial charge is 0.254 e. The maximum Gasteiger partial charge on any atom is 0.254 e. The van der Waals surface area contributed by atoms with Gasteiger partial charge in [-0.3, -0.25) is 14.5 Å². The summed E-state index contributed by atoms with van der Waals surface area (Å²) in [6, 6.07) is 28.6. The molecule has 204 valence electrons. The van der Waals surface area contributed by atoms with Crippen LogP contribution in [0.3, 0.4) is 0 Å². The first-order valence-electron chi connectivity index (χ1n) is 14.0. The molecule has 0 radical (unpaired) electrons. The van der Waals surface area contributed by atoms with Gasteiger partial charge in [-0.25, -0.2) is 0 Å². The minimum atomic E-state index is -0.464. The van der Waals surface area contributed by atoms with Crippen molar-refractivity contribution in [3.63, 3.8) is 0 Å². The van der Waals surface area contributed by atoms with E-state index >= 15 is 0 Å². The van der Waals surface area contributed by atoms with E-state index in [0.29, 0.717) is 19.6 Å². The summed E-state index contributed by atoms with van der Waals surface area (Å²) in [6.07, 6.45) is 2.55. The van der Waals surface area contributed by atoms with Crippen LogP contribution < -0.4 is 5.32 Å². The van der Waals surface area contributed by atoms with Gasteiger partial charge in [-0.2, -0.15) is 0 Å². The molecule has 2 amide bonds. The molecule has 3 heterocycles. The zero-order chi connectivity index (χ0) is 27.7. The molecule has 0 aliphatic carbocycles. The molecular weight excluding hydrogens is 498 g/mol. The molecule has 2 aliphatic heterocycles. The van der Waals surface area contributed by atoms with Crippen molar-refractivity contribution in [2.24, 2.45) is 5.41 Å². The first kappa shape index (κ1) is 26.1. The molecule has 40 heavy (non-hydrogen) atoms. The van der Waals surface area contributed by atoms with Crippen LogP contribution in [0.4, 0.5) is 0 Å². The lowest BCUT2D eigenvalue weighted by Gasteiger charge is -2.41. The van der Waals surface area contributed by atoms with Crippen molar-refractivity contribution in [2.45, 2.75) is 32.4 Å². The maximum atomic E-state index is 13.2. The summed E-state index contributed by atoms with van der Waals surface area (Å²) >= 11 is 0. The predicted octanol–water partition coefficient (Wildman–Crippen LogP) is 5.77. The molecule has 1 aromatic heterocycles. The number of carbonyl (C=O) groups is 2. The largest absolute Gasteiger partial charge is 0.460 e. The summed E-state index contributed by atoms with van der Waals surface area (Å²) in [6.45, 7) is 2.87. The molecule has 6 nitrogen and oxygen atoms in total. The van der Waals surface area contributed by atoms with E-state index < -0.39 is 5.41 Å². The van der Waals surface area contributed by atoms with Crippen molar-refractivity contribution >= 4 is 11.8 Å². The van der Waals surface area contributed by atoms with Gasteiger partial charge in [0.15, 0.2) is 0 Å². The third-order valence-electron chi connectivity index (χ3n) is 8.42. The van der Waals surface area contributed by atoms with Gasteiger partial charge in [0.1, 0.15) is 11.5 Å². The van der Waals surface area contributed by atoms with E-state index in [-0.39, 0.29) is 11.8 Å². The number of likely N-dealkylation sites (tertiary alicyclic amines) is 1. The molecular formula is C34H35N3O3. The molecule has 0 bridgehead atoms. The highest BCUT2D eigenvalue weighted by Gasteiger charge is 2.42. The van der Waals surface area contributed by atoms with Gasteiger partial charge < -0.3 is 14.6 Å². The SMILES string of the molecule is CNC(=O)C1(Cc2ccccc2)CCCN(Cc2ccc(-c3ccccc3-c3cccc4c3CN(C)C4=O)o2)C1. The molecule has 6 rings (SSSR count). The van der Waals surface area contributed by atoms with Crippen LogP contribution in [0.5, 0.6) is 0 Å². The van der Waals surface area contributed by atoms with Gasteiger partial charge in [-0.05, 0) is 66.3 Å². The van der Waals surface area contributed by atoms with Gasteiger partial charge in [-0.1, -0.05) is 66.7 Å². The highest BCUT2D eigenvalue weighted by Crippen LogP contribution is 2.39. The summed E-state index contributed by atoms with van der Waals surface area (Å²) in [5.41, 5.74) is 5.69. The van der Waals surface area contributed by atoms with Crippen LogP contribution in [-0.2, 0) is 24.3 Å². The van der Waals surface area contributed by atoms with Crippen LogP contribution in [0, 0.1) is 5.41 Å². The van der Waals surface area contributed by atoms with Gasteiger partial charge in [-0.15, -0.1) is 0 Å². The zero-order valence-corrected chi connectivity index (χ0v) is 23.2. The normalized spacial score (nSPS) is 19.1. The van der Waals surface area contributed by atoms with Gasteiger partial charge >= 0.3 is 0 Å². The first-order chi connectivity index (χ1) is 19.5. The van der Waals surface area contributed by atoms with Crippen molar-refractivity contribution in [1.82, 2.24) is 15.1 Å². The molecule has 3 aromatic carbocycles. The van der Waals surface area contributed by atoms with Crippen molar-refractivity contribution in [3.8, 4) is 22.5 Å². The summed E-state index contributed by atoms with van der Waals surface area (Å²) < 4.78 is 6.45. The van der Waals surface area contributed by atoms with E-state index in [2.05, 4.69) is 40.5 Å². The quantitative estimate of drug-likeness (QED) is 0.328. The molecule has 2 aliphatic rings. The van der Waals surface area contributed by atoms with E-state index in [9.17, 15) is 9.59 Å². The van der Waals surface area contributed by atoms with Crippen LogP contribution in [0.2, 0.25) is 0 Å². The van der Waals surface area contributed by atoms with Crippen LogP contribution in [0.25, 0.3) is 22.5 Å². The third-order valence-corrected chi connectivity index (χ3v) is 8.42. The Kier molecular flexibility index (Phi) is 7.03. The summed E-state index contributed by atoms with van der Waals surface area (Å²) in [5.74, 6) is 1.86. The third kappa shape index (κ3) is 4.84. The highest BCUT2D eigenvalue weighted by molar-refractivity contribution is 6.01. The standard InChI is InChI=1S/C34H35N3O3/c1-35-33(39)34(20-24-10-4-3-5-11-24)18-9-19-37(23-34)21-25-16-17-31(40-25)28-13-7-6-12-26(28)27-14-8-15-29-30(27)22-36(2)32(29)38/h3-8,10-17H,9,18-23H2,1-2H3,(H,35,39). The Morgan fingerprint density at radius 3 is 2.42 bits per heavy atom. The van der Waals surface area contributed by atoms with E-state index in [1.807, 2.05) is 61.6 Å². The topological polar surface area (TPSA) is 65.8 Å². The van der Waals surface area contributed by atoms with Gasteiger partial charge in [0.2, 0.25) is 5.91 Å². The number of benzene rings is 3. The fourth-order valence-electron chi connectivity index (χ4n) is 6.51. The summed E-state index contributed by atoms with van der Waals surface area (Å²) in [5, 5.41) is 2.94. The average molecular weight is 534 g/mol. The molecule has 1 saturated heterocycles. The molecule has 0 saturated carbocycles. The van der Waals surface area contributed by atoms with Crippen LogP contribution in [0.15, 0.2) is 89.3 Å². The number of hydrogen-bond donors (Lipinski definition) is 1. The Morgan fingerprint density at radius 1 is 0.900 bits per heavy atom. The Bertz CT molecular complexity index is 1540. The fourth-order valence-corrected chi connectivity index (χ4v) is 6.51. The molecule has 4 aromatic rings.